The van der Waals surface area contributed by atoms with Crippen molar-refractivity contribution in [3.8, 4) is 5.75 Å². The highest BCUT2D eigenvalue weighted by Gasteiger charge is 2.39. The summed E-state index contributed by atoms with van der Waals surface area (Å²) in [5, 5.41) is 3.32. The van der Waals surface area contributed by atoms with Gasteiger partial charge in [0.1, 0.15) is 30.8 Å². The van der Waals surface area contributed by atoms with Crippen molar-refractivity contribution in [2.45, 2.75) is 25.1 Å². The summed E-state index contributed by atoms with van der Waals surface area (Å²) in [4.78, 5) is 27.2. The highest BCUT2D eigenvalue weighted by Crippen LogP contribution is 2.32. The molecule has 1 saturated heterocycles. The molecule has 2 atom stereocenters. The Bertz CT molecular complexity index is 1360. The number of nitrogens with one attached hydrogen (secondary N) is 1. The lowest BCUT2D eigenvalue weighted by molar-refractivity contribution is -0.129. The number of imide groups is 1. The highest BCUT2D eigenvalue weighted by atomic mass is 19.1. The van der Waals surface area contributed by atoms with Crippen LogP contribution in [0.2, 0.25) is 0 Å². The van der Waals surface area contributed by atoms with E-state index in [9.17, 15) is 14.0 Å². The van der Waals surface area contributed by atoms with Gasteiger partial charge in [-0.3, -0.25) is 4.79 Å². The monoisotopic (exact) mass is 510 g/mol. The van der Waals surface area contributed by atoms with Gasteiger partial charge in [0.05, 0.1) is 12.5 Å². The Kier molecular flexibility index (Phi) is 7.64. The summed E-state index contributed by atoms with van der Waals surface area (Å²) in [6.07, 6.45) is -0.672. The van der Waals surface area contributed by atoms with Crippen molar-refractivity contribution in [1.82, 2.24) is 4.90 Å². The highest BCUT2D eigenvalue weighted by molar-refractivity contribution is 5.94. The Morgan fingerprint density at radius 2 is 1.58 bits per heavy atom. The largest absolute Gasteiger partial charge is 0.489 e. The van der Waals surface area contributed by atoms with E-state index < -0.39 is 18.2 Å². The van der Waals surface area contributed by atoms with E-state index in [-0.39, 0.29) is 24.8 Å². The fourth-order valence-electron chi connectivity index (χ4n) is 4.43. The normalized spacial score (nSPS) is 15.6. The van der Waals surface area contributed by atoms with E-state index in [4.69, 9.17) is 9.47 Å². The van der Waals surface area contributed by atoms with Gasteiger partial charge in [-0.2, -0.15) is 0 Å². The number of cyclic esters (lactones) is 1. The van der Waals surface area contributed by atoms with E-state index in [1.54, 1.807) is 12.1 Å². The van der Waals surface area contributed by atoms with Crippen molar-refractivity contribution in [2.75, 3.05) is 11.9 Å². The van der Waals surface area contributed by atoms with Crippen LogP contribution in [0.25, 0.3) is 0 Å². The number of benzene rings is 4. The van der Waals surface area contributed by atoms with E-state index in [0.29, 0.717) is 18.0 Å². The second-order valence-corrected chi connectivity index (χ2v) is 9.02. The SMILES string of the molecule is O=C(C[C@H](Nc1ccc(F)cc1)c1ccc(OCc2ccccc2)cc1)N1C(=O)OC[C@@H]1c1ccccc1. The molecule has 0 unspecified atom stereocenters. The number of rotatable bonds is 9. The molecule has 1 N–H and O–H groups in total. The smallest absolute Gasteiger partial charge is 0.417 e. The van der Waals surface area contributed by atoms with Gasteiger partial charge >= 0.3 is 6.09 Å². The van der Waals surface area contributed by atoms with Gasteiger partial charge in [0.15, 0.2) is 0 Å². The molecule has 4 aromatic rings. The van der Waals surface area contributed by atoms with Crippen molar-refractivity contribution in [3.05, 3.63) is 132 Å². The quantitative estimate of drug-likeness (QED) is 0.272. The number of amides is 2. The maximum absolute atomic E-state index is 13.5. The van der Waals surface area contributed by atoms with Crippen molar-refractivity contribution in [1.29, 1.82) is 0 Å². The summed E-state index contributed by atoms with van der Waals surface area (Å²) in [5.41, 5.74) is 3.36. The van der Waals surface area contributed by atoms with Gasteiger partial charge in [0.2, 0.25) is 5.91 Å². The van der Waals surface area contributed by atoms with Crippen LogP contribution in [-0.2, 0) is 16.1 Å². The second kappa shape index (κ2) is 11.6. The van der Waals surface area contributed by atoms with Gasteiger partial charge in [-0.05, 0) is 53.1 Å². The first-order valence-corrected chi connectivity index (χ1v) is 12.4. The molecule has 0 spiro atoms. The molecule has 0 radical (unpaired) electrons. The maximum atomic E-state index is 13.5. The fraction of sp³-hybridized carbons (Fsp3) is 0.161. The lowest BCUT2D eigenvalue weighted by Crippen LogP contribution is -2.35. The molecule has 5 rings (SSSR count). The van der Waals surface area contributed by atoms with Gasteiger partial charge < -0.3 is 14.8 Å². The maximum Gasteiger partial charge on any atom is 0.417 e. The number of hydrogen-bond donors (Lipinski definition) is 1. The number of hydrogen-bond acceptors (Lipinski definition) is 5. The minimum Gasteiger partial charge on any atom is -0.489 e. The standard InChI is InChI=1S/C31H27FN2O4/c32-25-13-15-26(16-14-25)33-28(23-11-17-27(18-12-23)37-20-22-7-3-1-4-8-22)19-30(35)34-29(21-38-31(34)36)24-9-5-2-6-10-24/h1-18,28-29,33H,19-21H2/t28-,29+/m0/s1. The molecule has 0 aliphatic carbocycles. The average molecular weight is 511 g/mol. The molecule has 4 aromatic carbocycles. The van der Waals surface area contributed by atoms with Crippen LogP contribution >= 0.6 is 0 Å². The van der Waals surface area contributed by atoms with Crippen LogP contribution in [0.4, 0.5) is 14.9 Å². The first-order valence-electron chi connectivity index (χ1n) is 12.4. The summed E-state index contributed by atoms with van der Waals surface area (Å²) >= 11 is 0. The first kappa shape index (κ1) is 25.0. The zero-order chi connectivity index (χ0) is 26.3. The molecule has 192 valence electrons. The minimum absolute atomic E-state index is 0.0139. The van der Waals surface area contributed by atoms with Crippen LogP contribution in [-0.4, -0.2) is 23.5 Å². The van der Waals surface area contributed by atoms with Crippen molar-refractivity contribution in [2.24, 2.45) is 0 Å². The Labute approximate surface area is 220 Å². The minimum atomic E-state index is -0.658. The molecule has 0 bridgehead atoms. The molecule has 1 heterocycles. The molecular weight excluding hydrogens is 483 g/mol. The summed E-state index contributed by atoms with van der Waals surface area (Å²) in [5.74, 6) is -0.0318. The summed E-state index contributed by atoms with van der Waals surface area (Å²) in [6.45, 7) is 0.548. The Balaban J connectivity index is 1.35. The summed E-state index contributed by atoms with van der Waals surface area (Å²) in [6, 6.07) is 31.6. The van der Waals surface area contributed by atoms with E-state index >= 15 is 0 Å². The third-order valence-corrected chi connectivity index (χ3v) is 6.42. The predicted octanol–water partition coefficient (Wildman–Crippen LogP) is 6.67. The molecule has 1 fully saturated rings. The number of halogens is 1. The van der Waals surface area contributed by atoms with E-state index in [1.165, 1.54) is 17.0 Å². The van der Waals surface area contributed by atoms with Crippen LogP contribution < -0.4 is 10.1 Å². The summed E-state index contributed by atoms with van der Waals surface area (Å²) < 4.78 is 24.6. The van der Waals surface area contributed by atoms with Gasteiger partial charge in [-0.1, -0.05) is 72.8 Å². The van der Waals surface area contributed by atoms with Gasteiger partial charge in [-0.25, -0.2) is 14.1 Å². The van der Waals surface area contributed by atoms with E-state index in [0.717, 1.165) is 16.7 Å². The van der Waals surface area contributed by atoms with Crippen LogP contribution in [0, 0.1) is 5.82 Å². The third kappa shape index (κ3) is 6.00. The first-order chi connectivity index (χ1) is 18.6. The molecule has 6 nitrogen and oxygen atoms in total. The fourth-order valence-corrected chi connectivity index (χ4v) is 4.43. The molecule has 1 aliphatic rings. The molecule has 7 heteroatoms. The summed E-state index contributed by atoms with van der Waals surface area (Å²) in [7, 11) is 0. The van der Waals surface area contributed by atoms with E-state index in [1.807, 2.05) is 84.9 Å². The predicted molar refractivity (Wildman–Crippen MR) is 142 cm³/mol. The lowest BCUT2D eigenvalue weighted by atomic mass is 10.0. The number of carbonyl (C=O) groups is 2. The zero-order valence-corrected chi connectivity index (χ0v) is 20.6. The molecule has 2 amide bonds. The zero-order valence-electron chi connectivity index (χ0n) is 20.6. The topological polar surface area (TPSA) is 67.9 Å². The molecule has 0 aromatic heterocycles. The van der Waals surface area contributed by atoms with E-state index in [2.05, 4.69) is 5.32 Å². The van der Waals surface area contributed by atoms with Gasteiger partial charge in [-0.15, -0.1) is 0 Å². The number of ether oxygens (including phenoxy) is 2. The Morgan fingerprint density at radius 1 is 0.921 bits per heavy atom. The van der Waals surface area contributed by atoms with Crippen molar-refractivity contribution < 1.29 is 23.5 Å². The Hall–Kier alpha value is -4.65. The van der Waals surface area contributed by atoms with Gasteiger partial charge in [0.25, 0.3) is 0 Å². The number of nitrogens with zero attached hydrogens (tertiary/aromatic N) is 1. The molecular formula is C31H27FN2O4. The van der Waals surface area contributed by atoms with Crippen LogP contribution in [0.3, 0.4) is 0 Å². The van der Waals surface area contributed by atoms with Crippen LogP contribution in [0.15, 0.2) is 109 Å². The average Bonchev–Trinajstić information content (AvgIpc) is 3.35. The number of carbonyl (C=O) groups excluding carboxylic acids is 2. The number of anilines is 1. The molecule has 38 heavy (non-hydrogen) atoms. The van der Waals surface area contributed by atoms with Crippen molar-refractivity contribution >= 4 is 17.7 Å². The second-order valence-electron chi connectivity index (χ2n) is 9.02. The molecule has 1 aliphatic heterocycles. The third-order valence-electron chi connectivity index (χ3n) is 6.42. The van der Waals surface area contributed by atoms with Crippen LogP contribution in [0.1, 0.15) is 35.2 Å². The van der Waals surface area contributed by atoms with Crippen molar-refractivity contribution in [3.63, 3.8) is 0 Å². The van der Waals surface area contributed by atoms with Gasteiger partial charge in [0, 0.05) is 5.69 Å². The Morgan fingerprint density at radius 3 is 2.26 bits per heavy atom. The molecule has 0 saturated carbocycles. The lowest BCUT2D eigenvalue weighted by Gasteiger charge is -2.25. The van der Waals surface area contributed by atoms with Crippen LogP contribution in [0.5, 0.6) is 5.75 Å².